The summed E-state index contributed by atoms with van der Waals surface area (Å²) in [5.41, 5.74) is 1.21. The first kappa shape index (κ1) is 20.5. The molecule has 0 saturated carbocycles. The van der Waals surface area contributed by atoms with Gasteiger partial charge in [0.2, 0.25) is 11.8 Å². The second-order valence-corrected chi connectivity index (χ2v) is 6.90. The highest BCUT2D eigenvalue weighted by Gasteiger charge is 2.24. The van der Waals surface area contributed by atoms with Gasteiger partial charge < -0.3 is 20.0 Å². The molecule has 26 heavy (non-hydrogen) atoms. The van der Waals surface area contributed by atoms with E-state index in [2.05, 4.69) is 29.3 Å². The van der Waals surface area contributed by atoms with E-state index >= 15 is 0 Å². The number of hydrogen-bond acceptors (Lipinski definition) is 4. The van der Waals surface area contributed by atoms with E-state index in [0.717, 1.165) is 45.8 Å². The topological polar surface area (TPSA) is 55.9 Å². The third-order valence-electron chi connectivity index (χ3n) is 5.03. The minimum Gasteiger partial charge on any atom is -0.368 e. The van der Waals surface area contributed by atoms with Gasteiger partial charge in [-0.1, -0.05) is 18.2 Å². The Balaban J connectivity index is 0.00000243. The number of hydrogen-bond donors (Lipinski definition) is 1. The van der Waals surface area contributed by atoms with Crippen LogP contribution in [0.4, 0.5) is 5.69 Å². The zero-order valence-electron chi connectivity index (χ0n) is 15.4. The van der Waals surface area contributed by atoms with Crippen LogP contribution in [0.5, 0.6) is 0 Å². The summed E-state index contributed by atoms with van der Waals surface area (Å²) in [6.45, 7) is 7.55. The molecule has 0 spiro atoms. The molecule has 2 aliphatic rings. The van der Waals surface area contributed by atoms with Gasteiger partial charge in [-0.15, -0.1) is 12.4 Å². The lowest BCUT2D eigenvalue weighted by Crippen LogP contribution is -2.51. The first-order valence-corrected chi connectivity index (χ1v) is 9.22. The Hall–Kier alpha value is -1.79. The van der Waals surface area contributed by atoms with E-state index in [9.17, 15) is 9.59 Å². The number of rotatable bonds is 4. The van der Waals surface area contributed by atoms with Crippen molar-refractivity contribution in [1.29, 1.82) is 0 Å². The zero-order chi connectivity index (χ0) is 17.6. The molecular formula is C19H29ClN4O2. The monoisotopic (exact) mass is 380 g/mol. The lowest BCUT2D eigenvalue weighted by atomic mass is 10.2. The molecule has 2 fully saturated rings. The lowest BCUT2D eigenvalue weighted by Gasteiger charge is -2.36. The van der Waals surface area contributed by atoms with Crippen molar-refractivity contribution in [1.82, 2.24) is 15.1 Å². The number of carbonyl (C=O) groups excluding carboxylic acids is 2. The predicted octanol–water partition coefficient (Wildman–Crippen LogP) is 1.36. The van der Waals surface area contributed by atoms with Gasteiger partial charge in [0.05, 0.1) is 0 Å². The Morgan fingerprint density at radius 1 is 0.962 bits per heavy atom. The quantitative estimate of drug-likeness (QED) is 0.856. The van der Waals surface area contributed by atoms with Crippen molar-refractivity contribution >= 4 is 29.9 Å². The van der Waals surface area contributed by atoms with Crippen molar-refractivity contribution in [2.45, 2.75) is 25.8 Å². The molecule has 6 nitrogen and oxygen atoms in total. The highest BCUT2D eigenvalue weighted by molar-refractivity contribution is 5.85. The van der Waals surface area contributed by atoms with Crippen molar-refractivity contribution in [3.63, 3.8) is 0 Å². The fourth-order valence-corrected chi connectivity index (χ4v) is 3.54. The van der Waals surface area contributed by atoms with Crippen LogP contribution in [0.3, 0.4) is 0 Å². The van der Waals surface area contributed by atoms with Crippen LogP contribution < -0.4 is 10.2 Å². The number of carbonyl (C=O) groups is 2. The number of halogens is 1. The molecule has 144 valence electrons. The summed E-state index contributed by atoms with van der Waals surface area (Å²) in [6.07, 6.45) is 0.646. The van der Waals surface area contributed by atoms with Gasteiger partial charge in [-0.2, -0.15) is 0 Å². The van der Waals surface area contributed by atoms with Crippen LogP contribution in [-0.4, -0.2) is 73.5 Å². The fourth-order valence-electron chi connectivity index (χ4n) is 3.54. The number of benzene rings is 1. The maximum Gasteiger partial charge on any atom is 0.223 e. The van der Waals surface area contributed by atoms with Crippen LogP contribution in [0.15, 0.2) is 30.3 Å². The first-order chi connectivity index (χ1) is 12.1. The molecule has 0 aliphatic carbocycles. The van der Waals surface area contributed by atoms with E-state index in [1.54, 1.807) is 0 Å². The number of amides is 2. The summed E-state index contributed by atoms with van der Waals surface area (Å²) in [7, 11) is 0. The van der Waals surface area contributed by atoms with Gasteiger partial charge in [0, 0.05) is 70.4 Å². The van der Waals surface area contributed by atoms with Gasteiger partial charge in [-0.05, 0) is 19.1 Å². The van der Waals surface area contributed by atoms with Gasteiger partial charge in [-0.3, -0.25) is 9.59 Å². The minimum absolute atomic E-state index is 0. The zero-order valence-corrected chi connectivity index (χ0v) is 16.2. The second kappa shape index (κ2) is 9.78. The SMILES string of the molecule is C[C@@H]1CN(C(=O)CCC(=O)N2CCN(c3ccccc3)CC2)CCN1.Cl. The highest BCUT2D eigenvalue weighted by Crippen LogP contribution is 2.16. The van der Waals surface area contributed by atoms with Crippen molar-refractivity contribution < 1.29 is 9.59 Å². The van der Waals surface area contributed by atoms with Crippen molar-refractivity contribution in [2.75, 3.05) is 50.7 Å². The number of piperazine rings is 2. The summed E-state index contributed by atoms with van der Waals surface area (Å²) >= 11 is 0. The smallest absolute Gasteiger partial charge is 0.223 e. The van der Waals surface area contributed by atoms with E-state index in [-0.39, 0.29) is 24.2 Å². The molecule has 1 N–H and O–H groups in total. The fraction of sp³-hybridized carbons (Fsp3) is 0.579. The van der Waals surface area contributed by atoms with Crippen molar-refractivity contribution in [2.24, 2.45) is 0 Å². The molecule has 2 saturated heterocycles. The standard InChI is InChI=1S/C19H28N4O2.ClH/c1-16-15-23(10-9-20-16)19(25)8-7-18(24)22-13-11-21(12-14-22)17-5-3-2-4-6-17;/h2-6,16,20H,7-15H2,1H3;1H/t16-;/m1./s1. The molecule has 3 rings (SSSR count). The average molecular weight is 381 g/mol. The molecule has 0 radical (unpaired) electrons. The maximum absolute atomic E-state index is 12.4. The van der Waals surface area contributed by atoms with Gasteiger partial charge in [0.25, 0.3) is 0 Å². The highest BCUT2D eigenvalue weighted by atomic mass is 35.5. The van der Waals surface area contributed by atoms with E-state index < -0.39 is 0 Å². The van der Waals surface area contributed by atoms with E-state index in [1.807, 2.05) is 28.0 Å². The van der Waals surface area contributed by atoms with Crippen LogP contribution in [0.2, 0.25) is 0 Å². The first-order valence-electron chi connectivity index (χ1n) is 9.22. The predicted molar refractivity (Wildman–Crippen MR) is 106 cm³/mol. The molecule has 7 heteroatoms. The molecule has 2 amide bonds. The van der Waals surface area contributed by atoms with Gasteiger partial charge in [0.1, 0.15) is 0 Å². The molecule has 1 atom stereocenters. The lowest BCUT2D eigenvalue weighted by molar-refractivity contribution is -0.137. The molecule has 2 heterocycles. The van der Waals surface area contributed by atoms with Crippen LogP contribution in [0, 0.1) is 0 Å². The molecular weight excluding hydrogens is 352 g/mol. The molecule has 1 aromatic rings. The maximum atomic E-state index is 12.4. The number of anilines is 1. The minimum atomic E-state index is 0. The Bertz CT molecular complexity index is 590. The van der Waals surface area contributed by atoms with Crippen LogP contribution in [-0.2, 0) is 9.59 Å². The summed E-state index contributed by atoms with van der Waals surface area (Å²) < 4.78 is 0. The summed E-state index contributed by atoms with van der Waals surface area (Å²) in [5, 5.41) is 3.33. The molecule has 0 bridgehead atoms. The Labute approximate surface area is 161 Å². The van der Waals surface area contributed by atoms with E-state index in [0.29, 0.717) is 18.9 Å². The number of nitrogens with one attached hydrogen (secondary N) is 1. The Kier molecular flexibility index (Phi) is 7.72. The molecule has 0 unspecified atom stereocenters. The largest absolute Gasteiger partial charge is 0.368 e. The number of para-hydroxylation sites is 1. The summed E-state index contributed by atoms with van der Waals surface area (Å²) in [4.78, 5) is 30.8. The van der Waals surface area contributed by atoms with Gasteiger partial charge in [-0.25, -0.2) is 0 Å². The van der Waals surface area contributed by atoms with Crippen LogP contribution in [0.25, 0.3) is 0 Å². The molecule has 1 aromatic carbocycles. The van der Waals surface area contributed by atoms with E-state index in [1.165, 1.54) is 5.69 Å². The molecule has 2 aliphatic heterocycles. The second-order valence-electron chi connectivity index (χ2n) is 6.90. The Morgan fingerprint density at radius 2 is 1.58 bits per heavy atom. The van der Waals surface area contributed by atoms with Crippen molar-refractivity contribution in [3.8, 4) is 0 Å². The van der Waals surface area contributed by atoms with Gasteiger partial charge in [0.15, 0.2) is 0 Å². The summed E-state index contributed by atoms with van der Waals surface area (Å²) in [5.74, 6) is 0.203. The Morgan fingerprint density at radius 3 is 2.19 bits per heavy atom. The molecule has 0 aromatic heterocycles. The summed E-state index contributed by atoms with van der Waals surface area (Å²) in [6, 6.07) is 10.6. The van der Waals surface area contributed by atoms with E-state index in [4.69, 9.17) is 0 Å². The third-order valence-corrected chi connectivity index (χ3v) is 5.03. The van der Waals surface area contributed by atoms with Crippen LogP contribution in [0.1, 0.15) is 19.8 Å². The number of nitrogens with zero attached hydrogens (tertiary/aromatic N) is 3. The average Bonchev–Trinajstić information content (AvgIpc) is 2.66. The van der Waals surface area contributed by atoms with Crippen LogP contribution >= 0.6 is 12.4 Å². The third kappa shape index (κ3) is 5.35. The normalized spacial score (nSPS) is 20.5. The van der Waals surface area contributed by atoms with Crippen molar-refractivity contribution in [3.05, 3.63) is 30.3 Å². The van der Waals surface area contributed by atoms with Gasteiger partial charge >= 0.3 is 0 Å².